The highest BCUT2D eigenvalue weighted by atomic mass is 16.5. The summed E-state index contributed by atoms with van der Waals surface area (Å²) < 4.78 is 13.5. The van der Waals surface area contributed by atoms with Gasteiger partial charge in [-0.1, -0.05) is 18.2 Å². The van der Waals surface area contributed by atoms with Gasteiger partial charge in [-0.3, -0.25) is 4.68 Å². The largest absolute Gasteiger partial charge is 0.466 e. The summed E-state index contributed by atoms with van der Waals surface area (Å²) in [4.78, 5) is 11.9. The number of anilines is 1. The van der Waals surface area contributed by atoms with Crippen molar-refractivity contribution in [2.24, 2.45) is 12.5 Å². The maximum atomic E-state index is 11.9. The number of nitrogens with zero attached hydrogens (tertiary/aromatic N) is 2. The maximum Gasteiger partial charge on any atom is 0.333 e. The number of rotatable bonds is 5. The number of carbonyl (C=O) groups excluding carboxylic acids is 1. The molecule has 1 saturated carbocycles. The van der Waals surface area contributed by atoms with Crippen LogP contribution in [0.5, 0.6) is 0 Å². The summed E-state index contributed by atoms with van der Waals surface area (Å²) >= 11 is 0. The SMILES string of the molecule is COC(=O)C1=Cc2cccc(NCC34CCC(c5ccc6c(cnn6C)c5)(CC3)OC4)c2CC1. The minimum Gasteiger partial charge on any atom is -0.466 e. The van der Waals surface area contributed by atoms with E-state index in [1.54, 1.807) is 0 Å². The first-order valence-corrected chi connectivity index (χ1v) is 12.2. The van der Waals surface area contributed by atoms with Gasteiger partial charge in [-0.05, 0) is 79.5 Å². The van der Waals surface area contributed by atoms with E-state index >= 15 is 0 Å². The Morgan fingerprint density at radius 3 is 2.79 bits per heavy atom. The van der Waals surface area contributed by atoms with Crippen molar-refractivity contribution in [3.63, 3.8) is 0 Å². The molecule has 6 heteroatoms. The predicted octanol–water partition coefficient (Wildman–Crippen LogP) is 4.97. The van der Waals surface area contributed by atoms with Crippen LogP contribution in [-0.4, -0.2) is 36.0 Å². The van der Waals surface area contributed by atoms with E-state index in [2.05, 4.69) is 46.8 Å². The van der Waals surface area contributed by atoms with Crippen molar-refractivity contribution in [1.82, 2.24) is 9.78 Å². The number of fused-ring (bicyclic) bond motifs is 5. The molecule has 0 spiro atoms. The lowest BCUT2D eigenvalue weighted by atomic mass is 9.64. The van der Waals surface area contributed by atoms with Gasteiger partial charge in [0, 0.05) is 35.7 Å². The Kier molecular flexibility index (Phi) is 5.03. The van der Waals surface area contributed by atoms with Gasteiger partial charge in [0.2, 0.25) is 0 Å². The summed E-state index contributed by atoms with van der Waals surface area (Å²) in [6.45, 7) is 1.70. The van der Waals surface area contributed by atoms with E-state index in [1.165, 1.54) is 29.3 Å². The van der Waals surface area contributed by atoms with Crippen LogP contribution in [0.4, 0.5) is 5.69 Å². The van der Waals surface area contributed by atoms with Crippen LogP contribution in [0.15, 0.2) is 48.2 Å². The zero-order chi connectivity index (χ0) is 23.3. The predicted molar refractivity (Wildman–Crippen MR) is 132 cm³/mol. The van der Waals surface area contributed by atoms with E-state index in [4.69, 9.17) is 9.47 Å². The molecular formula is C28H31N3O3. The van der Waals surface area contributed by atoms with Crippen LogP contribution >= 0.6 is 0 Å². The standard InChI is InChI=1S/C28H31N3O3/c1-31-25-9-7-22(15-21(25)16-30-31)28-12-10-27(11-13-28,18-34-28)17-29-24-5-3-4-19-14-20(26(32)33-2)6-8-23(19)24/h3-5,7,9,14-16,29H,6,8,10-13,17-18H2,1-2H3. The Morgan fingerprint density at radius 1 is 1.18 bits per heavy atom. The molecule has 0 unspecified atom stereocenters. The summed E-state index contributed by atoms with van der Waals surface area (Å²) in [6.07, 6.45) is 9.92. The van der Waals surface area contributed by atoms with Gasteiger partial charge in [0.25, 0.3) is 0 Å². The molecule has 2 aliphatic carbocycles. The van der Waals surface area contributed by atoms with Crippen molar-refractivity contribution in [3.8, 4) is 0 Å². The molecule has 0 atom stereocenters. The Morgan fingerprint density at radius 2 is 2.03 bits per heavy atom. The lowest BCUT2D eigenvalue weighted by Crippen LogP contribution is -2.52. The summed E-state index contributed by atoms with van der Waals surface area (Å²) in [7, 11) is 3.43. The molecule has 4 aliphatic rings. The van der Waals surface area contributed by atoms with E-state index < -0.39 is 0 Å². The van der Waals surface area contributed by atoms with E-state index in [0.717, 1.165) is 68.3 Å². The lowest BCUT2D eigenvalue weighted by Gasteiger charge is -2.53. The van der Waals surface area contributed by atoms with Gasteiger partial charge in [-0.2, -0.15) is 5.10 Å². The third-order valence-electron chi connectivity index (χ3n) is 8.33. The lowest BCUT2D eigenvalue weighted by molar-refractivity contribution is -0.185. The zero-order valence-electron chi connectivity index (χ0n) is 19.9. The van der Waals surface area contributed by atoms with Crippen LogP contribution in [0.25, 0.3) is 17.0 Å². The van der Waals surface area contributed by atoms with Crippen molar-refractivity contribution < 1.29 is 14.3 Å². The molecule has 3 fully saturated rings. The fraction of sp³-hybridized carbons (Fsp3) is 0.429. The molecule has 0 radical (unpaired) electrons. The van der Waals surface area contributed by atoms with Crippen LogP contribution in [0.1, 0.15) is 48.8 Å². The molecule has 7 rings (SSSR count). The molecule has 6 nitrogen and oxygen atoms in total. The monoisotopic (exact) mass is 457 g/mol. The topological polar surface area (TPSA) is 65.4 Å². The number of nitrogens with one attached hydrogen (secondary N) is 1. The number of hydrogen-bond acceptors (Lipinski definition) is 5. The molecule has 1 N–H and O–H groups in total. The molecular weight excluding hydrogens is 426 g/mol. The van der Waals surface area contributed by atoms with Gasteiger partial charge >= 0.3 is 5.97 Å². The molecule has 2 aromatic carbocycles. The highest BCUT2D eigenvalue weighted by Gasteiger charge is 2.50. The molecule has 2 saturated heterocycles. The average molecular weight is 458 g/mol. The van der Waals surface area contributed by atoms with Crippen LogP contribution in [-0.2, 0) is 33.3 Å². The smallest absolute Gasteiger partial charge is 0.333 e. The number of hydrogen-bond donors (Lipinski definition) is 1. The third-order valence-corrected chi connectivity index (χ3v) is 8.33. The minimum absolute atomic E-state index is 0.160. The van der Waals surface area contributed by atoms with Crippen molar-refractivity contribution in [3.05, 3.63) is 64.9 Å². The normalized spacial score (nSPS) is 25.6. The highest BCUT2D eigenvalue weighted by molar-refractivity contribution is 5.95. The molecule has 1 aromatic heterocycles. The average Bonchev–Trinajstić information content (AvgIpc) is 3.27. The van der Waals surface area contributed by atoms with E-state index in [9.17, 15) is 4.79 Å². The molecule has 3 heterocycles. The van der Waals surface area contributed by atoms with E-state index in [1.807, 2.05) is 24.0 Å². The second-order valence-electron chi connectivity index (χ2n) is 10.2. The first-order valence-electron chi connectivity index (χ1n) is 12.2. The number of aromatic nitrogens is 2. The zero-order valence-corrected chi connectivity index (χ0v) is 19.9. The second kappa shape index (κ2) is 7.98. The summed E-state index contributed by atoms with van der Waals surface area (Å²) in [6, 6.07) is 13.0. The quantitative estimate of drug-likeness (QED) is 0.548. The number of carbonyl (C=O) groups is 1. The first kappa shape index (κ1) is 21.4. The maximum absolute atomic E-state index is 11.9. The fourth-order valence-corrected chi connectivity index (χ4v) is 6.09. The Bertz CT molecular complexity index is 1280. The molecule has 34 heavy (non-hydrogen) atoms. The molecule has 2 bridgehead atoms. The van der Waals surface area contributed by atoms with Crippen molar-refractivity contribution >= 4 is 28.6 Å². The first-order chi connectivity index (χ1) is 16.5. The number of ether oxygens (including phenoxy) is 2. The van der Waals surface area contributed by atoms with Gasteiger partial charge < -0.3 is 14.8 Å². The Balaban J connectivity index is 1.16. The summed E-state index contributed by atoms with van der Waals surface area (Å²) in [5.41, 5.74) is 6.79. The van der Waals surface area contributed by atoms with Crippen LogP contribution in [0.2, 0.25) is 0 Å². The molecule has 176 valence electrons. The summed E-state index contributed by atoms with van der Waals surface area (Å²) in [5.74, 6) is -0.226. The number of esters is 1. The minimum atomic E-state index is -0.226. The second-order valence-corrected chi connectivity index (χ2v) is 10.2. The highest BCUT2D eigenvalue weighted by Crippen LogP contribution is 2.54. The third kappa shape index (κ3) is 3.43. The van der Waals surface area contributed by atoms with Gasteiger partial charge in [0.05, 0.1) is 31.0 Å². The number of methoxy groups -OCH3 is 1. The van der Waals surface area contributed by atoms with Gasteiger partial charge in [0.1, 0.15) is 0 Å². The van der Waals surface area contributed by atoms with Crippen molar-refractivity contribution in [2.75, 3.05) is 25.6 Å². The van der Waals surface area contributed by atoms with Gasteiger partial charge in [-0.25, -0.2) is 4.79 Å². The Hall–Kier alpha value is -3.12. The van der Waals surface area contributed by atoms with E-state index in [-0.39, 0.29) is 17.0 Å². The van der Waals surface area contributed by atoms with Gasteiger partial charge in [0.15, 0.2) is 0 Å². The fourth-order valence-electron chi connectivity index (χ4n) is 6.09. The number of aryl methyl sites for hydroxylation is 1. The van der Waals surface area contributed by atoms with E-state index in [0.29, 0.717) is 0 Å². The molecule has 3 aromatic rings. The van der Waals surface area contributed by atoms with Crippen LogP contribution < -0.4 is 5.32 Å². The van der Waals surface area contributed by atoms with Crippen LogP contribution in [0, 0.1) is 5.41 Å². The number of benzene rings is 2. The van der Waals surface area contributed by atoms with Crippen LogP contribution in [0.3, 0.4) is 0 Å². The summed E-state index contributed by atoms with van der Waals surface area (Å²) in [5, 5.41) is 9.33. The van der Waals surface area contributed by atoms with Crippen molar-refractivity contribution in [1.29, 1.82) is 0 Å². The molecule has 0 amide bonds. The Labute approximate surface area is 199 Å². The van der Waals surface area contributed by atoms with Gasteiger partial charge in [-0.15, -0.1) is 0 Å². The van der Waals surface area contributed by atoms with Crippen molar-refractivity contribution in [2.45, 2.75) is 44.1 Å². The molecule has 2 aliphatic heterocycles.